The van der Waals surface area contributed by atoms with E-state index in [4.69, 9.17) is 0 Å². The van der Waals surface area contributed by atoms with E-state index in [9.17, 15) is 5.11 Å². The molecule has 0 aromatic carbocycles. The first-order chi connectivity index (χ1) is 4.20. The molecular weight excluding hydrogens is 112 g/mol. The molecule has 52 valence electrons. The number of aliphatic hydroxyl groups is 1. The minimum Gasteiger partial charge on any atom is -0.389 e. The Bertz CT molecular complexity index is 127. The van der Waals surface area contributed by atoms with Crippen LogP contribution in [0.3, 0.4) is 0 Å². The van der Waals surface area contributed by atoms with Gasteiger partial charge in [0.2, 0.25) is 0 Å². The van der Waals surface area contributed by atoms with Crippen LogP contribution in [0.1, 0.15) is 26.7 Å². The highest BCUT2D eigenvalue weighted by atomic mass is 16.3. The summed E-state index contributed by atoms with van der Waals surface area (Å²) in [5.41, 5.74) is 1.33. The van der Waals surface area contributed by atoms with Gasteiger partial charge in [0.15, 0.2) is 0 Å². The molecule has 2 atom stereocenters. The van der Waals surface area contributed by atoms with Crippen LogP contribution in [0, 0.1) is 5.92 Å². The zero-order chi connectivity index (χ0) is 6.85. The molecule has 0 amide bonds. The standard InChI is InChI=1S/C8H14O/c1-6-3-4-7(2)8(9)5-6/h5,7-9H,3-4H2,1-2H3/t7-,8+/m0/s1. The van der Waals surface area contributed by atoms with E-state index in [0.29, 0.717) is 5.92 Å². The van der Waals surface area contributed by atoms with E-state index in [1.54, 1.807) is 0 Å². The summed E-state index contributed by atoms with van der Waals surface area (Å²) in [5.74, 6) is 0.466. The van der Waals surface area contributed by atoms with Crippen LogP contribution < -0.4 is 0 Å². The summed E-state index contributed by atoms with van der Waals surface area (Å²) in [4.78, 5) is 0. The third-order valence-corrected chi connectivity index (χ3v) is 2.03. The number of hydrogen-bond acceptors (Lipinski definition) is 1. The summed E-state index contributed by atoms with van der Waals surface area (Å²) >= 11 is 0. The van der Waals surface area contributed by atoms with Gasteiger partial charge in [0.25, 0.3) is 0 Å². The van der Waals surface area contributed by atoms with Crippen LogP contribution >= 0.6 is 0 Å². The largest absolute Gasteiger partial charge is 0.389 e. The lowest BCUT2D eigenvalue weighted by molar-refractivity contribution is 0.148. The highest BCUT2D eigenvalue weighted by Gasteiger charge is 2.15. The molecule has 0 saturated heterocycles. The Labute approximate surface area is 56.4 Å². The first-order valence-corrected chi connectivity index (χ1v) is 3.55. The summed E-state index contributed by atoms with van der Waals surface area (Å²) in [6, 6.07) is 0. The molecule has 1 aliphatic rings. The van der Waals surface area contributed by atoms with E-state index < -0.39 is 0 Å². The van der Waals surface area contributed by atoms with Gasteiger partial charge in [0.1, 0.15) is 0 Å². The Morgan fingerprint density at radius 2 is 2.33 bits per heavy atom. The van der Waals surface area contributed by atoms with Crippen LogP contribution in [-0.4, -0.2) is 11.2 Å². The third-order valence-electron chi connectivity index (χ3n) is 2.03. The fourth-order valence-corrected chi connectivity index (χ4v) is 1.17. The second-order valence-corrected chi connectivity index (χ2v) is 3.02. The highest BCUT2D eigenvalue weighted by Crippen LogP contribution is 2.22. The third kappa shape index (κ3) is 1.55. The highest BCUT2D eigenvalue weighted by molar-refractivity contribution is 5.06. The van der Waals surface area contributed by atoms with Crippen molar-refractivity contribution in [3.8, 4) is 0 Å². The molecule has 0 unspecified atom stereocenters. The fraction of sp³-hybridized carbons (Fsp3) is 0.750. The lowest BCUT2D eigenvalue weighted by Crippen LogP contribution is -2.18. The maximum Gasteiger partial charge on any atom is 0.0749 e. The summed E-state index contributed by atoms with van der Waals surface area (Å²) < 4.78 is 0. The molecule has 1 rings (SSSR count). The molecule has 0 bridgehead atoms. The van der Waals surface area contributed by atoms with E-state index >= 15 is 0 Å². The fourth-order valence-electron chi connectivity index (χ4n) is 1.17. The van der Waals surface area contributed by atoms with Crippen molar-refractivity contribution in [3.05, 3.63) is 11.6 Å². The van der Waals surface area contributed by atoms with Gasteiger partial charge in [-0.3, -0.25) is 0 Å². The first-order valence-electron chi connectivity index (χ1n) is 3.55. The van der Waals surface area contributed by atoms with Crippen LogP contribution in [-0.2, 0) is 0 Å². The smallest absolute Gasteiger partial charge is 0.0749 e. The van der Waals surface area contributed by atoms with E-state index in [0.717, 1.165) is 12.8 Å². The molecule has 1 aliphatic carbocycles. The summed E-state index contributed by atoms with van der Waals surface area (Å²) in [5, 5.41) is 9.27. The van der Waals surface area contributed by atoms with Crippen molar-refractivity contribution in [3.63, 3.8) is 0 Å². The van der Waals surface area contributed by atoms with Gasteiger partial charge in [-0.1, -0.05) is 18.6 Å². The predicted molar refractivity (Wildman–Crippen MR) is 38.2 cm³/mol. The maximum absolute atomic E-state index is 9.27. The average Bonchev–Trinajstić information content (AvgIpc) is 1.80. The van der Waals surface area contributed by atoms with Crippen molar-refractivity contribution in [2.24, 2.45) is 5.92 Å². The molecule has 0 saturated carbocycles. The number of aliphatic hydroxyl groups excluding tert-OH is 1. The van der Waals surface area contributed by atoms with E-state index in [2.05, 4.69) is 13.8 Å². The SMILES string of the molecule is CC1=C[C@@H](O)[C@@H](C)CC1. The number of hydrogen-bond donors (Lipinski definition) is 1. The van der Waals surface area contributed by atoms with Gasteiger partial charge in [-0.2, -0.15) is 0 Å². The molecule has 0 spiro atoms. The van der Waals surface area contributed by atoms with Crippen molar-refractivity contribution in [2.45, 2.75) is 32.8 Å². The lowest BCUT2D eigenvalue weighted by atomic mass is 9.89. The average molecular weight is 126 g/mol. The summed E-state index contributed by atoms with van der Waals surface area (Å²) in [6.07, 6.45) is 4.09. The maximum atomic E-state index is 9.27. The zero-order valence-corrected chi connectivity index (χ0v) is 6.09. The molecule has 1 nitrogen and oxygen atoms in total. The van der Waals surface area contributed by atoms with Crippen molar-refractivity contribution in [2.75, 3.05) is 0 Å². The monoisotopic (exact) mass is 126 g/mol. The number of allylic oxidation sites excluding steroid dienone is 1. The molecule has 0 heterocycles. The van der Waals surface area contributed by atoms with Gasteiger partial charge < -0.3 is 5.11 Å². The molecule has 1 heteroatoms. The molecule has 0 fully saturated rings. The van der Waals surface area contributed by atoms with Crippen molar-refractivity contribution in [1.82, 2.24) is 0 Å². The molecule has 0 aromatic rings. The van der Waals surface area contributed by atoms with Gasteiger partial charge in [0.05, 0.1) is 6.10 Å². The normalized spacial score (nSPS) is 36.1. The van der Waals surface area contributed by atoms with Crippen molar-refractivity contribution >= 4 is 0 Å². The lowest BCUT2D eigenvalue weighted by Gasteiger charge is -2.21. The van der Waals surface area contributed by atoms with Crippen LogP contribution in [0.5, 0.6) is 0 Å². The van der Waals surface area contributed by atoms with Crippen LogP contribution in [0.2, 0.25) is 0 Å². The van der Waals surface area contributed by atoms with Crippen molar-refractivity contribution in [1.29, 1.82) is 0 Å². The molecule has 0 aromatic heterocycles. The van der Waals surface area contributed by atoms with Crippen LogP contribution in [0.4, 0.5) is 0 Å². The van der Waals surface area contributed by atoms with Gasteiger partial charge in [0, 0.05) is 0 Å². The quantitative estimate of drug-likeness (QED) is 0.490. The van der Waals surface area contributed by atoms with Crippen LogP contribution in [0.15, 0.2) is 11.6 Å². The Hall–Kier alpha value is -0.300. The summed E-state index contributed by atoms with van der Waals surface area (Å²) in [7, 11) is 0. The van der Waals surface area contributed by atoms with Gasteiger partial charge in [-0.05, 0) is 25.7 Å². The van der Waals surface area contributed by atoms with Crippen LogP contribution in [0.25, 0.3) is 0 Å². The first kappa shape index (κ1) is 6.81. The van der Waals surface area contributed by atoms with E-state index in [1.165, 1.54) is 5.57 Å². The second-order valence-electron chi connectivity index (χ2n) is 3.02. The number of rotatable bonds is 0. The molecule has 0 aliphatic heterocycles. The minimum atomic E-state index is -0.182. The zero-order valence-electron chi connectivity index (χ0n) is 6.09. The molecule has 9 heavy (non-hydrogen) atoms. The summed E-state index contributed by atoms with van der Waals surface area (Å²) in [6.45, 7) is 4.17. The van der Waals surface area contributed by atoms with E-state index in [-0.39, 0.29) is 6.10 Å². The Balaban J connectivity index is 2.58. The molecular formula is C8H14O. The second kappa shape index (κ2) is 2.53. The topological polar surface area (TPSA) is 20.2 Å². The van der Waals surface area contributed by atoms with Gasteiger partial charge in [-0.25, -0.2) is 0 Å². The predicted octanol–water partition coefficient (Wildman–Crippen LogP) is 1.72. The molecule has 1 N–H and O–H groups in total. The Kier molecular flexibility index (Phi) is 1.91. The Morgan fingerprint density at radius 1 is 1.67 bits per heavy atom. The Morgan fingerprint density at radius 3 is 2.78 bits per heavy atom. The van der Waals surface area contributed by atoms with Gasteiger partial charge >= 0.3 is 0 Å². The van der Waals surface area contributed by atoms with Crippen molar-refractivity contribution < 1.29 is 5.11 Å². The minimum absolute atomic E-state index is 0.182. The van der Waals surface area contributed by atoms with Gasteiger partial charge in [-0.15, -0.1) is 0 Å². The van der Waals surface area contributed by atoms with E-state index in [1.807, 2.05) is 6.08 Å². The molecule has 0 radical (unpaired) electrons.